The van der Waals surface area contributed by atoms with Crippen molar-refractivity contribution in [2.24, 2.45) is 5.73 Å². The Morgan fingerprint density at radius 1 is 1.24 bits per heavy atom. The molecule has 0 aliphatic carbocycles. The predicted molar refractivity (Wildman–Crippen MR) is 62.8 cm³/mol. The summed E-state index contributed by atoms with van der Waals surface area (Å²) in [5.74, 6) is 0. The fraction of sp³-hybridized carbons (Fsp3) is 0.500. The topological polar surface area (TPSA) is 38.0 Å². The van der Waals surface area contributed by atoms with Gasteiger partial charge in [0.15, 0.2) is 0 Å². The Morgan fingerprint density at radius 2 is 1.82 bits per heavy atom. The van der Waals surface area contributed by atoms with Crippen LogP contribution in [0.4, 0.5) is 18.9 Å². The van der Waals surface area contributed by atoms with E-state index in [0.29, 0.717) is 6.42 Å². The van der Waals surface area contributed by atoms with Gasteiger partial charge < -0.3 is 11.1 Å². The van der Waals surface area contributed by atoms with Crippen molar-refractivity contribution in [2.45, 2.75) is 32.0 Å². The SMILES string of the molecule is CCC(C)(CN)Nc1ccccc1C(F)(F)F. The van der Waals surface area contributed by atoms with Crippen LogP contribution in [-0.2, 0) is 6.18 Å². The molecule has 0 saturated heterocycles. The van der Waals surface area contributed by atoms with E-state index in [1.54, 1.807) is 13.0 Å². The Morgan fingerprint density at radius 3 is 2.29 bits per heavy atom. The maximum Gasteiger partial charge on any atom is 0.418 e. The number of benzene rings is 1. The van der Waals surface area contributed by atoms with Gasteiger partial charge in [0, 0.05) is 17.8 Å². The number of hydrogen-bond acceptors (Lipinski definition) is 2. The number of nitrogens with two attached hydrogens (primary N) is 1. The first-order valence-corrected chi connectivity index (χ1v) is 5.47. The van der Waals surface area contributed by atoms with E-state index in [0.717, 1.165) is 6.07 Å². The van der Waals surface area contributed by atoms with Gasteiger partial charge in [0.2, 0.25) is 0 Å². The van der Waals surface area contributed by atoms with E-state index in [9.17, 15) is 13.2 Å². The number of rotatable bonds is 4. The molecule has 1 rings (SSSR count). The number of para-hydroxylation sites is 1. The molecule has 0 spiro atoms. The molecular weight excluding hydrogens is 229 g/mol. The molecule has 17 heavy (non-hydrogen) atoms. The van der Waals surface area contributed by atoms with Gasteiger partial charge in [0.25, 0.3) is 0 Å². The van der Waals surface area contributed by atoms with E-state index >= 15 is 0 Å². The minimum absolute atomic E-state index is 0.0785. The van der Waals surface area contributed by atoms with E-state index in [1.807, 2.05) is 6.92 Å². The van der Waals surface area contributed by atoms with E-state index in [2.05, 4.69) is 5.32 Å². The molecule has 5 heteroatoms. The quantitative estimate of drug-likeness (QED) is 0.855. The van der Waals surface area contributed by atoms with Crippen molar-refractivity contribution in [3.8, 4) is 0 Å². The zero-order valence-electron chi connectivity index (χ0n) is 9.93. The largest absolute Gasteiger partial charge is 0.418 e. The lowest BCUT2D eigenvalue weighted by atomic mass is 9.98. The molecule has 0 amide bonds. The summed E-state index contributed by atoms with van der Waals surface area (Å²) < 4.78 is 38.3. The third-order valence-corrected chi connectivity index (χ3v) is 2.90. The molecule has 0 saturated carbocycles. The van der Waals surface area contributed by atoms with Crippen LogP contribution in [0.5, 0.6) is 0 Å². The minimum atomic E-state index is -4.35. The van der Waals surface area contributed by atoms with Gasteiger partial charge in [-0.15, -0.1) is 0 Å². The van der Waals surface area contributed by atoms with Gasteiger partial charge >= 0.3 is 6.18 Å². The summed E-state index contributed by atoms with van der Waals surface area (Å²) in [6, 6.07) is 5.44. The van der Waals surface area contributed by atoms with Gasteiger partial charge in [0.1, 0.15) is 0 Å². The Kier molecular flexibility index (Phi) is 4.03. The molecule has 0 aliphatic heterocycles. The van der Waals surface area contributed by atoms with Crippen LogP contribution in [0.2, 0.25) is 0 Å². The average molecular weight is 246 g/mol. The van der Waals surface area contributed by atoms with Gasteiger partial charge in [-0.25, -0.2) is 0 Å². The molecule has 1 atom stereocenters. The molecule has 0 heterocycles. The monoisotopic (exact) mass is 246 g/mol. The average Bonchev–Trinajstić information content (AvgIpc) is 2.28. The molecule has 3 N–H and O–H groups in total. The summed E-state index contributed by atoms with van der Waals surface area (Å²) in [4.78, 5) is 0. The van der Waals surface area contributed by atoms with E-state index < -0.39 is 17.3 Å². The number of alkyl halides is 3. The van der Waals surface area contributed by atoms with Gasteiger partial charge in [-0.3, -0.25) is 0 Å². The van der Waals surface area contributed by atoms with Crippen molar-refractivity contribution in [3.63, 3.8) is 0 Å². The van der Waals surface area contributed by atoms with Crippen molar-refractivity contribution >= 4 is 5.69 Å². The fourth-order valence-electron chi connectivity index (χ4n) is 1.45. The zero-order valence-corrected chi connectivity index (χ0v) is 9.93. The van der Waals surface area contributed by atoms with Gasteiger partial charge in [-0.05, 0) is 25.5 Å². The lowest BCUT2D eigenvalue weighted by molar-refractivity contribution is -0.137. The third-order valence-electron chi connectivity index (χ3n) is 2.90. The molecule has 0 aliphatic rings. The summed E-state index contributed by atoms with van der Waals surface area (Å²) in [5, 5.41) is 2.88. The maximum absolute atomic E-state index is 12.8. The van der Waals surface area contributed by atoms with Crippen LogP contribution in [-0.4, -0.2) is 12.1 Å². The van der Waals surface area contributed by atoms with Crippen LogP contribution in [0.3, 0.4) is 0 Å². The van der Waals surface area contributed by atoms with Crippen LogP contribution in [0.15, 0.2) is 24.3 Å². The standard InChI is InChI=1S/C12H17F3N2/c1-3-11(2,8-16)17-10-7-5-4-6-9(10)12(13,14)15/h4-7,17H,3,8,16H2,1-2H3. The summed E-state index contributed by atoms with van der Waals surface area (Å²) in [7, 11) is 0. The Hall–Kier alpha value is -1.23. The second-order valence-electron chi connectivity index (χ2n) is 4.29. The van der Waals surface area contributed by atoms with Crippen LogP contribution >= 0.6 is 0 Å². The molecular formula is C12H17F3N2. The summed E-state index contributed by atoms with van der Waals surface area (Å²) in [6.07, 6.45) is -3.71. The van der Waals surface area contributed by atoms with Gasteiger partial charge in [0.05, 0.1) is 5.56 Å². The van der Waals surface area contributed by atoms with Crippen LogP contribution < -0.4 is 11.1 Å². The zero-order chi connectivity index (χ0) is 13.1. The molecule has 0 bridgehead atoms. The van der Waals surface area contributed by atoms with Crippen LogP contribution in [0, 0.1) is 0 Å². The fourth-order valence-corrected chi connectivity index (χ4v) is 1.45. The second-order valence-corrected chi connectivity index (χ2v) is 4.29. The highest BCUT2D eigenvalue weighted by atomic mass is 19.4. The molecule has 96 valence electrons. The van der Waals surface area contributed by atoms with E-state index in [4.69, 9.17) is 5.73 Å². The molecule has 1 aromatic carbocycles. The predicted octanol–water partition coefficient (Wildman–Crippen LogP) is 3.24. The Labute approximate surface area is 99.0 Å². The molecule has 0 fully saturated rings. The highest BCUT2D eigenvalue weighted by molar-refractivity contribution is 5.54. The normalized spacial score (nSPS) is 15.4. The molecule has 1 unspecified atom stereocenters. The van der Waals surface area contributed by atoms with Crippen LogP contribution in [0.25, 0.3) is 0 Å². The van der Waals surface area contributed by atoms with Crippen molar-refractivity contribution < 1.29 is 13.2 Å². The van der Waals surface area contributed by atoms with Gasteiger partial charge in [-0.2, -0.15) is 13.2 Å². The lowest BCUT2D eigenvalue weighted by Gasteiger charge is -2.30. The molecule has 1 aromatic rings. The van der Waals surface area contributed by atoms with Crippen molar-refractivity contribution in [3.05, 3.63) is 29.8 Å². The summed E-state index contributed by atoms with van der Waals surface area (Å²) in [5.41, 5.74) is 4.47. The molecule has 2 nitrogen and oxygen atoms in total. The Bertz CT molecular complexity index is 370. The number of anilines is 1. The first-order chi connectivity index (χ1) is 7.82. The maximum atomic E-state index is 12.8. The van der Waals surface area contributed by atoms with Crippen molar-refractivity contribution in [1.29, 1.82) is 0 Å². The Balaban J connectivity index is 3.07. The van der Waals surface area contributed by atoms with E-state index in [-0.39, 0.29) is 12.2 Å². The lowest BCUT2D eigenvalue weighted by Crippen LogP contribution is -2.42. The smallest absolute Gasteiger partial charge is 0.378 e. The highest BCUT2D eigenvalue weighted by Gasteiger charge is 2.34. The first kappa shape index (κ1) is 13.8. The van der Waals surface area contributed by atoms with Gasteiger partial charge in [-0.1, -0.05) is 19.1 Å². The number of nitrogens with one attached hydrogen (secondary N) is 1. The molecule has 0 aromatic heterocycles. The van der Waals surface area contributed by atoms with E-state index in [1.165, 1.54) is 12.1 Å². The third kappa shape index (κ3) is 3.36. The summed E-state index contributed by atoms with van der Waals surface area (Å²) in [6.45, 7) is 3.96. The molecule has 0 radical (unpaired) electrons. The second kappa shape index (κ2) is 4.96. The first-order valence-electron chi connectivity index (χ1n) is 5.47. The van der Waals surface area contributed by atoms with Crippen LogP contribution in [0.1, 0.15) is 25.8 Å². The highest BCUT2D eigenvalue weighted by Crippen LogP contribution is 2.35. The minimum Gasteiger partial charge on any atom is -0.378 e. The summed E-state index contributed by atoms with van der Waals surface area (Å²) >= 11 is 0. The number of hydrogen-bond donors (Lipinski definition) is 2. The number of halogens is 3. The van der Waals surface area contributed by atoms with Crippen molar-refractivity contribution in [1.82, 2.24) is 0 Å². The van der Waals surface area contributed by atoms with Crippen molar-refractivity contribution in [2.75, 3.05) is 11.9 Å².